The zero-order chi connectivity index (χ0) is 15.5. The van der Waals surface area contributed by atoms with E-state index in [0.717, 1.165) is 44.6 Å². The highest BCUT2D eigenvalue weighted by molar-refractivity contribution is 7.09. The van der Waals surface area contributed by atoms with Crippen molar-refractivity contribution in [2.45, 2.75) is 37.7 Å². The number of pyridine rings is 1. The molecule has 2 fully saturated rings. The first kappa shape index (κ1) is 15.2. The van der Waals surface area contributed by atoms with E-state index in [1.807, 2.05) is 23.8 Å². The molecule has 0 N–H and O–H groups in total. The van der Waals surface area contributed by atoms with Crippen molar-refractivity contribution in [3.63, 3.8) is 0 Å². The number of thiazole rings is 1. The van der Waals surface area contributed by atoms with Crippen LogP contribution in [-0.2, 0) is 22.6 Å². The van der Waals surface area contributed by atoms with E-state index < -0.39 is 0 Å². The summed E-state index contributed by atoms with van der Waals surface area (Å²) in [6.45, 7) is 4.34. The van der Waals surface area contributed by atoms with E-state index in [1.54, 1.807) is 17.5 Å². The molecule has 2 aromatic heterocycles. The summed E-state index contributed by atoms with van der Waals surface area (Å²) in [6, 6.07) is 4.01. The Balaban J connectivity index is 1.27. The molecule has 5 nitrogen and oxygen atoms in total. The van der Waals surface area contributed by atoms with Crippen molar-refractivity contribution in [1.29, 1.82) is 0 Å². The van der Waals surface area contributed by atoms with Crippen molar-refractivity contribution in [2.24, 2.45) is 0 Å². The van der Waals surface area contributed by atoms with Crippen molar-refractivity contribution < 1.29 is 9.47 Å². The Hall–Kier alpha value is -1.34. The summed E-state index contributed by atoms with van der Waals surface area (Å²) >= 11 is 1.72. The number of likely N-dealkylation sites (tertiary alicyclic amines) is 1. The fourth-order valence-corrected chi connectivity index (χ4v) is 4.10. The van der Waals surface area contributed by atoms with Crippen LogP contribution in [-0.4, -0.2) is 46.3 Å². The maximum Gasteiger partial charge on any atom is 0.107 e. The molecule has 2 saturated heterocycles. The summed E-state index contributed by atoms with van der Waals surface area (Å²) in [5.41, 5.74) is 1.13. The lowest BCUT2D eigenvalue weighted by Gasteiger charge is -2.53. The van der Waals surface area contributed by atoms with Crippen LogP contribution in [0.1, 0.15) is 23.4 Å². The molecule has 6 heteroatoms. The summed E-state index contributed by atoms with van der Waals surface area (Å²) in [5, 5.41) is 3.21. The fraction of sp³-hybridized carbons (Fsp3) is 0.529. The predicted octanol–water partition coefficient (Wildman–Crippen LogP) is 2.49. The van der Waals surface area contributed by atoms with Gasteiger partial charge in [0.2, 0.25) is 0 Å². The van der Waals surface area contributed by atoms with Gasteiger partial charge in [0, 0.05) is 50.1 Å². The van der Waals surface area contributed by atoms with E-state index in [9.17, 15) is 0 Å². The molecule has 4 rings (SSSR count). The van der Waals surface area contributed by atoms with E-state index in [2.05, 4.69) is 20.9 Å². The van der Waals surface area contributed by atoms with Gasteiger partial charge in [0.25, 0.3) is 0 Å². The SMILES string of the molecule is c1cncc(CO[C@@H]2CCOC3(C2)CN(Cc2nccs2)C3)c1. The molecule has 0 unspecified atom stereocenters. The monoisotopic (exact) mass is 331 g/mol. The molecule has 4 heterocycles. The lowest BCUT2D eigenvalue weighted by Crippen LogP contribution is -2.65. The van der Waals surface area contributed by atoms with Gasteiger partial charge in [-0.1, -0.05) is 6.07 Å². The third kappa shape index (κ3) is 3.61. The molecule has 0 amide bonds. The Morgan fingerprint density at radius 1 is 1.39 bits per heavy atom. The summed E-state index contributed by atoms with van der Waals surface area (Å²) in [7, 11) is 0. The minimum Gasteiger partial charge on any atom is -0.373 e. The second-order valence-electron chi connectivity index (χ2n) is 6.39. The topological polar surface area (TPSA) is 47.5 Å². The normalized spacial score (nSPS) is 23.7. The second-order valence-corrected chi connectivity index (χ2v) is 7.37. The van der Waals surface area contributed by atoms with Crippen molar-refractivity contribution >= 4 is 11.3 Å². The van der Waals surface area contributed by atoms with Crippen LogP contribution in [0.4, 0.5) is 0 Å². The zero-order valence-corrected chi connectivity index (χ0v) is 13.9. The van der Waals surface area contributed by atoms with Gasteiger partial charge in [-0.05, 0) is 18.1 Å². The maximum absolute atomic E-state index is 6.09. The Bertz CT molecular complexity index is 614. The summed E-state index contributed by atoms with van der Waals surface area (Å²) < 4.78 is 12.2. The van der Waals surface area contributed by atoms with Crippen LogP contribution in [0.5, 0.6) is 0 Å². The number of hydrogen-bond acceptors (Lipinski definition) is 6. The molecule has 122 valence electrons. The van der Waals surface area contributed by atoms with Crippen LogP contribution in [0.25, 0.3) is 0 Å². The quantitative estimate of drug-likeness (QED) is 0.842. The fourth-order valence-electron chi connectivity index (χ4n) is 3.45. The summed E-state index contributed by atoms with van der Waals surface area (Å²) in [4.78, 5) is 10.9. The number of aromatic nitrogens is 2. The average Bonchev–Trinajstić information content (AvgIpc) is 3.06. The molecular formula is C17H21N3O2S. The Morgan fingerprint density at radius 2 is 2.35 bits per heavy atom. The lowest BCUT2D eigenvalue weighted by molar-refractivity contribution is -0.200. The van der Waals surface area contributed by atoms with Gasteiger partial charge >= 0.3 is 0 Å². The first-order valence-electron chi connectivity index (χ1n) is 8.07. The van der Waals surface area contributed by atoms with Gasteiger partial charge in [0.1, 0.15) is 5.01 Å². The third-order valence-corrected chi connectivity index (χ3v) is 5.29. The number of rotatable bonds is 5. The Morgan fingerprint density at radius 3 is 3.13 bits per heavy atom. The zero-order valence-electron chi connectivity index (χ0n) is 13.1. The van der Waals surface area contributed by atoms with E-state index >= 15 is 0 Å². The third-order valence-electron chi connectivity index (χ3n) is 4.52. The van der Waals surface area contributed by atoms with Crippen LogP contribution in [0.2, 0.25) is 0 Å². The van der Waals surface area contributed by atoms with Crippen LogP contribution < -0.4 is 0 Å². The summed E-state index contributed by atoms with van der Waals surface area (Å²) in [6.07, 6.45) is 7.78. The van der Waals surface area contributed by atoms with Gasteiger partial charge in [-0.15, -0.1) is 11.3 Å². The first-order valence-corrected chi connectivity index (χ1v) is 8.95. The molecule has 2 aliphatic rings. The summed E-state index contributed by atoms with van der Waals surface area (Å²) in [5.74, 6) is 0. The van der Waals surface area contributed by atoms with Crippen molar-refractivity contribution in [1.82, 2.24) is 14.9 Å². The minimum absolute atomic E-state index is 0.00485. The standard InChI is InChI=1S/C17H21N3O2S/c1-2-14(9-18-4-1)11-21-15-3-6-22-17(8-15)12-20(13-17)10-16-19-5-7-23-16/h1-2,4-5,7,9,15H,3,6,8,10-13H2/t15-/m1/s1. The molecule has 1 spiro atoms. The van der Waals surface area contributed by atoms with Crippen molar-refractivity contribution in [3.8, 4) is 0 Å². The largest absolute Gasteiger partial charge is 0.373 e. The van der Waals surface area contributed by atoms with Gasteiger partial charge in [-0.2, -0.15) is 0 Å². The minimum atomic E-state index is -0.00485. The smallest absolute Gasteiger partial charge is 0.107 e. The maximum atomic E-state index is 6.09. The molecule has 23 heavy (non-hydrogen) atoms. The van der Waals surface area contributed by atoms with E-state index in [0.29, 0.717) is 6.61 Å². The molecule has 2 aromatic rings. The van der Waals surface area contributed by atoms with Gasteiger partial charge in [0.15, 0.2) is 0 Å². The number of hydrogen-bond donors (Lipinski definition) is 0. The first-order chi connectivity index (χ1) is 11.3. The molecule has 1 atom stereocenters. The van der Waals surface area contributed by atoms with E-state index in [4.69, 9.17) is 9.47 Å². The highest BCUT2D eigenvalue weighted by atomic mass is 32.1. The molecule has 0 bridgehead atoms. The van der Waals surface area contributed by atoms with Gasteiger partial charge in [-0.3, -0.25) is 9.88 Å². The highest BCUT2D eigenvalue weighted by Gasteiger charge is 2.47. The van der Waals surface area contributed by atoms with Crippen LogP contribution >= 0.6 is 11.3 Å². The Kier molecular flexibility index (Phi) is 4.39. The molecular weight excluding hydrogens is 310 g/mol. The average molecular weight is 331 g/mol. The van der Waals surface area contributed by atoms with Gasteiger partial charge in [0.05, 0.1) is 24.9 Å². The molecule has 2 aliphatic heterocycles. The van der Waals surface area contributed by atoms with E-state index in [-0.39, 0.29) is 11.7 Å². The van der Waals surface area contributed by atoms with Gasteiger partial charge in [-0.25, -0.2) is 4.98 Å². The molecule has 0 aliphatic carbocycles. The number of nitrogens with zero attached hydrogens (tertiary/aromatic N) is 3. The van der Waals surface area contributed by atoms with Crippen LogP contribution in [0.15, 0.2) is 36.1 Å². The van der Waals surface area contributed by atoms with Gasteiger partial charge < -0.3 is 9.47 Å². The van der Waals surface area contributed by atoms with Crippen LogP contribution in [0.3, 0.4) is 0 Å². The second kappa shape index (κ2) is 6.65. The number of ether oxygens (including phenoxy) is 2. The lowest BCUT2D eigenvalue weighted by atomic mass is 9.84. The Labute approximate surface area is 140 Å². The van der Waals surface area contributed by atoms with Crippen LogP contribution in [0, 0.1) is 0 Å². The van der Waals surface area contributed by atoms with Crippen molar-refractivity contribution in [3.05, 3.63) is 46.7 Å². The van der Waals surface area contributed by atoms with Crippen molar-refractivity contribution in [2.75, 3.05) is 19.7 Å². The van der Waals surface area contributed by atoms with E-state index in [1.165, 1.54) is 5.01 Å². The predicted molar refractivity (Wildman–Crippen MR) is 88.1 cm³/mol. The molecule has 0 saturated carbocycles. The highest BCUT2D eigenvalue weighted by Crippen LogP contribution is 2.36. The molecule has 0 aromatic carbocycles. The molecule has 0 radical (unpaired) electrons.